The van der Waals surface area contributed by atoms with Gasteiger partial charge in [-0.25, -0.2) is 0 Å². The van der Waals surface area contributed by atoms with Crippen LogP contribution in [0.3, 0.4) is 0 Å². The van der Waals surface area contributed by atoms with Crippen molar-refractivity contribution in [1.29, 1.82) is 0 Å². The minimum absolute atomic E-state index is 0.127. The third-order valence-corrected chi connectivity index (χ3v) is 6.26. The maximum Gasteiger partial charge on any atom is 0.200 e. The second kappa shape index (κ2) is 6.37. The SMILES string of the molecule is CCCC[C@@H]1CCC[S+](c2cc(O)ccc2O)C1. The minimum Gasteiger partial charge on any atom is -0.508 e. The van der Waals surface area contributed by atoms with Gasteiger partial charge in [-0.05, 0) is 31.4 Å². The summed E-state index contributed by atoms with van der Waals surface area (Å²) in [6, 6.07) is 4.93. The highest BCUT2D eigenvalue weighted by atomic mass is 32.2. The second-order valence-corrected chi connectivity index (χ2v) is 7.33. The maximum absolute atomic E-state index is 9.95. The van der Waals surface area contributed by atoms with Gasteiger partial charge in [0.05, 0.1) is 0 Å². The zero-order chi connectivity index (χ0) is 13.0. The molecule has 1 unspecified atom stereocenters. The fourth-order valence-electron chi connectivity index (χ4n) is 2.65. The molecule has 1 aliphatic heterocycles. The molecule has 0 bridgehead atoms. The number of benzene rings is 1. The molecular formula is C15H23O2S+. The lowest BCUT2D eigenvalue weighted by Crippen LogP contribution is -2.25. The highest BCUT2D eigenvalue weighted by Crippen LogP contribution is 2.35. The van der Waals surface area contributed by atoms with Gasteiger partial charge in [0.25, 0.3) is 0 Å². The van der Waals surface area contributed by atoms with Gasteiger partial charge in [-0.3, -0.25) is 0 Å². The molecule has 100 valence electrons. The Morgan fingerprint density at radius 1 is 1.33 bits per heavy atom. The van der Waals surface area contributed by atoms with Gasteiger partial charge in [0, 0.05) is 22.9 Å². The van der Waals surface area contributed by atoms with E-state index in [9.17, 15) is 10.2 Å². The Morgan fingerprint density at radius 2 is 2.17 bits per heavy atom. The third-order valence-electron chi connectivity index (χ3n) is 3.66. The molecule has 1 aliphatic rings. The standard InChI is InChI=1S/C15H22O2S/c1-2-3-5-12-6-4-9-18(11-12)15-10-13(16)7-8-14(15)17/h7-8,10,12H,2-6,9,11H2,1H3,(H-,16,17)/p+1/t12-,18?/m1/s1. The van der Waals surface area contributed by atoms with Crippen molar-refractivity contribution in [2.24, 2.45) is 5.92 Å². The molecule has 0 spiro atoms. The van der Waals surface area contributed by atoms with Gasteiger partial charge in [-0.15, -0.1) is 0 Å². The van der Waals surface area contributed by atoms with E-state index < -0.39 is 0 Å². The molecule has 0 aliphatic carbocycles. The molecule has 3 heteroatoms. The molecule has 0 radical (unpaired) electrons. The van der Waals surface area contributed by atoms with Crippen LogP contribution in [0.4, 0.5) is 0 Å². The summed E-state index contributed by atoms with van der Waals surface area (Å²) in [4.78, 5) is 0.969. The van der Waals surface area contributed by atoms with Crippen LogP contribution in [0.5, 0.6) is 11.5 Å². The van der Waals surface area contributed by atoms with E-state index in [4.69, 9.17) is 0 Å². The van der Waals surface area contributed by atoms with Crippen LogP contribution in [-0.2, 0) is 10.9 Å². The highest BCUT2D eigenvalue weighted by Gasteiger charge is 2.33. The fourth-order valence-corrected chi connectivity index (χ4v) is 5.29. The molecule has 2 atom stereocenters. The molecule has 1 aromatic rings. The first kappa shape index (κ1) is 13.6. The first-order valence-electron chi connectivity index (χ1n) is 6.90. The fraction of sp³-hybridized carbons (Fsp3) is 0.600. The van der Waals surface area contributed by atoms with Gasteiger partial charge in [0.15, 0.2) is 10.6 Å². The summed E-state index contributed by atoms with van der Waals surface area (Å²) >= 11 is 0. The summed E-state index contributed by atoms with van der Waals surface area (Å²) in [6.07, 6.45) is 6.49. The first-order chi connectivity index (χ1) is 8.70. The Kier molecular flexibility index (Phi) is 4.81. The first-order valence-corrected chi connectivity index (χ1v) is 8.46. The van der Waals surface area contributed by atoms with E-state index >= 15 is 0 Å². The van der Waals surface area contributed by atoms with E-state index in [-0.39, 0.29) is 16.6 Å². The Labute approximate surface area is 112 Å². The molecule has 0 aromatic heterocycles. The normalized spacial score (nSPS) is 24.1. The van der Waals surface area contributed by atoms with E-state index in [2.05, 4.69) is 6.92 Å². The summed E-state index contributed by atoms with van der Waals surface area (Å²) in [5.74, 6) is 3.79. The molecule has 1 saturated heterocycles. The van der Waals surface area contributed by atoms with Gasteiger partial charge in [-0.1, -0.05) is 19.8 Å². The Morgan fingerprint density at radius 3 is 2.94 bits per heavy atom. The van der Waals surface area contributed by atoms with E-state index in [0.717, 1.165) is 10.8 Å². The van der Waals surface area contributed by atoms with Crippen molar-refractivity contribution in [1.82, 2.24) is 0 Å². The number of phenolic OH excluding ortho intramolecular Hbond substituents is 2. The Hall–Kier alpha value is -0.830. The van der Waals surface area contributed by atoms with Crippen molar-refractivity contribution in [3.05, 3.63) is 18.2 Å². The van der Waals surface area contributed by atoms with Crippen LogP contribution in [0.2, 0.25) is 0 Å². The van der Waals surface area contributed by atoms with Crippen LogP contribution >= 0.6 is 0 Å². The van der Waals surface area contributed by atoms with Crippen LogP contribution in [0.1, 0.15) is 39.0 Å². The number of hydrogen-bond acceptors (Lipinski definition) is 2. The van der Waals surface area contributed by atoms with Gasteiger partial charge in [0.2, 0.25) is 0 Å². The molecule has 0 amide bonds. The van der Waals surface area contributed by atoms with Crippen molar-refractivity contribution < 1.29 is 10.2 Å². The van der Waals surface area contributed by atoms with Crippen molar-refractivity contribution in [2.45, 2.75) is 43.9 Å². The van der Waals surface area contributed by atoms with E-state index in [1.807, 2.05) is 0 Å². The average molecular weight is 267 g/mol. The molecule has 2 nitrogen and oxygen atoms in total. The molecule has 2 N–H and O–H groups in total. The van der Waals surface area contributed by atoms with Crippen LogP contribution in [0.15, 0.2) is 23.1 Å². The van der Waals surface area contributed by atoms with E-state index in [0.29, 0.717) is 5.75 Å². The number of phenols is 2. The summed E-state index contributed by atoms with van der Waals surface area (Å²) in [5, 5.41) is 19.5. The zero-order valence-electron chi connectivity index (χ0n) is 11.1. The second-order valence-electron chi connectivity index (χ2n) is 5.17. The largest absolute Gasteiger partial charge is 0.508 e. The molecule has 1 aromatic carbocycles. The van der Waals surface area contributed by atoms with Crippen LogP contribution in [-0.4, -0.2) is 21.7 Å². The summed E-state index contributed by atoms with van der Waals surface area (Å²) in [7, 11) is 0.127. The lowest BCUT2D eigenvalue weighted by Gasteiger charge is -2.22. The van der Waals surface area contributed by atoms with Gasteiger partial charge in [-0.2, -0.15) is 0 Å². The van der Waals surface area contributed by atoms with Gasteiger partial charge in [0.1, 0.15) is 17.3 Å². The Bertz CT molecular complexity index is 392. The molecular weight excluding hydrogens is 244 g/mol. The molecule has 2 rings (SSSR count). The van der Waals surface area contributed by atoms with E-state index in [1.165, 1.54) is 43.6 Å². The molecule has 1 heterocycles. The minimum atomic E-state index is 0.127. The predicted molar refractivity (Wildman–Crippen MR) is 77.4 cm³/mol. The smallest absolute Gasteiger partial charge is 0.200 e. The maximum atomic E-state index is 9.95. The zero-order valence-corrected chi connectivity index (χ0v) is 11.9. The van der Waals surface area contributed by atoms with Crippen molar-refractivity contribution in [3.8, 4) is 11.5 Å². The van der Waals surface area contributed by atoms with Gasteiger partial charge < -0.3 is 10.2 Å². The van der Waals surface area contributed by atoms with E-state index in [1.54, 1.807) is 18.2 Å². The van der Waals surface area contributed by atoms with Crippen LogP contribution in [0.25, 0.3) is 0 Å². The number of unbranched alkanes of at least 4 members (excludes halogenated alkanes) is 1. The topological polar surface area (TPSA) is 40.5 Å². The van der Waals surface area contributed by atoms with Crippen LogP contribution in [0, 0.1) is 5.92 Å². The third kappa shape index (κ3) is 3.35. The molecule has 0 saturated carbocycles. The molecule has 18 heavy (non-hydrogen) atoms. The monoisotopic (exact) mass is 267 g/mol. The number of hydrogen-bond donors (Lipinski definition) is 2. The van der Waals surface area contributed by atoms with Crippen LogP contribution < -0.4 is 0 Å². The average Bonchev–Trinajstić information content (AvgIpc) is 2.39. The number of aromatic hydroxyl groups is 2. The highest BCUT2D eigenvalue weighted by molar-refractivity contribution is 7.97. The van der Waals surface area contributed by atoms with Crippen molar-refractivity contribution in [3.63, 3.8) is 0 Å². The summed E-state index contributed by atoms with van der Waals surface area (Å²) < 4.78 is 0. The molecule has 1 fully saturated rings. The summed E-state index contributed by atoms with van der Waals surface area (Å²) in [5.41, 5.74) is 0. The lowest BCUT2D eigenvalue weighted by molar-refractivity contribution is 0.444. The van der Waals surface area contributed by atoms with Crippen molar-refractivity contribution >= 4 is 10.9 Å². The number of rotatable bonds is 4. The summed E-state index contributed by atoms with van der Waals surface area (Å²) in [6.45, 7) is 2.24. The predicted octanol–water partition coefficient (Wildman–Crippen LogP) is 3.68. The Balaban J connectivity index is 2.05. The van der Waals surface area contributed by atoms with Crippen molar-refractivity contribution in [2.75, 3.05) is 11.5 Å². The lowest BCUT2D eigenvalue weighted by atomic mass is 9.99. The van der Waals surface area contributed by atoms with Gasteiger partial charge >= 0.3 is 0 Å². The quantitative estimate of drug-likeness (QED) is 0.645.